The van der Waals surface area contributed by atoms with Gasteiger partial charge in [0.1, 0.15) is 0 Å². The van der Waals surface area contributed by atoms with Crippen LogP contribution >= 0.6 is 0 Å². The number of rotatable bonds is 3. The number of nitrogens with zero attached hydrogens (tertiary/aromatic N) is 4. The highest BCUT2D eigenvalue weighted by Gasteiger charge is 2.42. The third kappa shape index (κ3) is 9.99. The molecular formula is C22H23F6N5O6. The van der Waals surface area contributed by atoms with E-state index in [2.05, 4.69) is 25.2 Å². The minimum atomic E-state index is -5.08. The molecule has 2 aromatic rings. The largest absolute Gasteiger partial charge is 0.490 e. The molecule has 39 heavy (non-hydrogen) atoms. The number of aromatic nitrogens is 3. The third-order valence-electron chi connectivity index (χ3n) is 5.46. The maximum absolute atomic E-state index is 12.8. The zero-order valence-electron chi connectivity index (χ0n) is 19.9. The molecule has 1 amide bonds. The molecule has 3 N–H and O–H groups in total. The van der Waals surface area contributed by atoms with Gasteiger partial charge in [-0.25, -0.2) is 19.6 Å². The molecule has 0 spiro atoms. The van der Waals surface area contributed by atoms with Gasteiger partial charge in [-0.05, 0) is 31.0 Å². The van der Waals surface area contributed by atoms with Crippen molar-refractivity contribution in [2.75, 3.05) is 29.9 Å². The topological polar surface area (TPSA) is 155 Å². The number of carbonyl (C=O) groups is 3. The van der Waals surface area contributed by atoms with E-state index in [1.54, 1.807) is 24.8 Å². The van der Waals surface area contributed by atoms with Gasteiger partial charge in [0.15, 0.2) is 0 Å². The number of amides is 1. The van der Waals surface area contributed by atoms with Crippen molar-refractivity contribution < 1.29 is 55.7 Å². The number of nitrogens with one attached hydrogen (secondary N) is 1. The molecular weight excluding hydrogens is 544 g/mol. The number of aliphatic carboxylic acids is 2. The molecule has 11 nitrogen and oxygen atoms in total. The highest BCUT2D eigenvalue weighted by Crippen LogP contribution is 2.34. The second-order valence-corrected chi connectivity index (χ2v) is 8.09. The van der Waals surface area contributed by atoms with E-state index in [9.17, 15) is 31.1 Å². The molecule has 0 aliphatic carbocycles. The fourth-order valence-electron chi connectivity index (χ4n) is 3.75. The SMILES string of the molecule is O=C(Nc1cccnc1)[C@@H]1CCO[C@@H]2CCN(c3ncccn3)C[C@H]21.O=C(O)C(F)(F)F.O=C(O)C(F)(F)F. The van der Waals surface area contributed by atoms with E-state index >= 15 is 0 Å². The molecule has 0 saturated carbocycles. The molecule has 0 unspecified atom stereocenters. The lowest BCUT2D eigenvalue weighted by molar-refractivity contribution is -0.193. The Morgan fingerprint density at radius 1 is 0.949 bits per heavy atom. The smallest absolute Gasteiger partial charge is 0.475 e. The molecule has 2 aliphatic heterocycles. The van der Waals surface area contributed by atoms with Gasteiger partial charge in [0.05, 0.1) is 18.0 Å². The van der Waals surface area contributed by atoms with Crippen molar-refractivity contribution >= 4 is 29.5 Å². The van der Waals surface area contributed by atoms with Gasteiger partial charge in [-0.2, -0.15) is 26.3 Å². The maximum atomic E-state index is 12.8. The lowest BCUT2D eigenvalue weighted by Crippen LogP contribution is -2.53. The summed E-state index contributed by atoms with van der Waals surface area (Å²) in [6.45, 7) is 2.22. The summed E-state index contributed by atoms with van der Waals surface area (Å²) in [5.74, 6) is -4.69. The Morgan fingerprint density at radius 2 is 1.54 bits per heavy atom. The average Bonchev–Trinajstić information content (AvgIpc) is 2.88. The van der Waals surface area contributed by atoms with Gasteiger partial charge < -0.3 is 25.2 Å². The first-order valence-electron chi connectivity index (χ1n) is 11.1. The quantitative estimate of drug-likeness (QED) is 0.472. The summed E-state index contributed by atoms with van der Waals surface area (Å²) in [6, 6.07) is 5.48. The van der Waals surface area contributed by atoms with Gasteiger partial charge in [0.25, 0.3) is 0 Å². The Bertz CT molecular complexity index is 1070. The Morgan fingerprint density at radius 3 is 2.05 bits per heavy atom. The van der Waals surface area contributed by atoms with Crippen LogP contribution in [0.2, 0.25) is 0 Å². The van der Waals surface area contributed by atoms with Crippen LogP contribution in [0, 0.1) is 11.8 Å². The normalized spacial score (nSPS) is 20.7. The summed E-state index contributed by atoms with van der Waals surface area (Å²) < 4.78 is 69.4. The predicted molar refractivity (Wildman–Crippen MR) is 120 cm³/mol. The number of carbonyl (C=O) groups excluding carboxylic acids is 1. The highest BCUT2D eigenvalue weighted by atomic mass is 19.4. The van der Waals surface area contributed by atoms with E-state index in [-0.39, 0.29) is 23.8 Å². The third-order valence-corrected chi connectivity index (χ3v) is 5.46. The van der Waals surface area contributed by atoms with Crippen molar-refractivity contribution in [3.05, 3.63) is 43.0 Å². The van der Waals surface area contributed by atoms with Crippen LogP contribution in [0.1, 0.15) is 12.8 Å². The number of fused-ring (bicyclic) bond motifs is 1. The van der Waals surface area contributed by atoms with Crippen LogP contribution in [0.15, 0.2) is 43.0 Å². The number of alkyl halides is 6. The number of ether oxygens (including phenoxy) is 1. The number of hydrogen-bond donors (Lipinski definition) is 3. The number of carboxylic acid groups (broad SMARTS) is 2. The van der Waals surface area contributed by atoms with E-state index < -0.39 is 24.3 Å². The van der Waals surface area contributed by atoms with Crippen LogP contribution in [0.4, 0.5) is 38.0 Å². The molecule has 2 aromatic heterocycles. The molecule has 4 rings (SSSR count). The Hall–Kier alpha value is -4.02. The second kappa shape index (κ2) is 13.7. The maximum Gasteiger partial charge on any atom is 0.490 e. The molecule has 2 aliphatic rings. The minimum absolute atomic E-state index is 0.0436. The van der Waals surface area contributed by atoms with Gasteiger partial charge in [-0.1, -0.05) is 0 Å². The zero-order valence-corrected chi connectivity index (χ0v) is 19.9. The summed E-state index contributed by atoms with van der Waals surface area (Å²) in [4.78, 5) is 45.5. The summed E-state index contributed by atoms with van der Waals surface area (Å²) in [6.07, 6.45) is -1.57. The first-order chi connectivity index (χ1) is 18.2. The van der Waals surface area contributed by atoms with E-state index in [1.807, 2.05) is 18.2 Å². The Labute approximate surface area is 216 Å². The van der Waals surface area contributed by atoms with Gasteiger partial charge in [0.2, 0.25) is 11.9 Å². The molecule has 17 heteroatoms. The summed E-state index contributed by atoms with van der Waals surface area (Å²) in [5, 5.41) is 17.2. The first kappa shape index (κ1) is 31.2. The average molecular weight is 567 g/mol. The number of hydrogen-bond acceptors (Lipinski definition) is 8. The lowest BCUT2D eigenvalue weighted by atomic mass is 9.79. The van der Waals surface area contributed by atoms with E-state index in [1.165, 1.54) is 0 Å². The van der Waals surface area contributed by atoms with E-state index in [0.29, 0.717) is 6.61 Å². The van der Waals surface area contributed by atoms with Gasteiger partial charge in [0, 0.05) is 50.1 Å². The minimum Gasteiger partial charge on any atom is -0.475 e. The number of pyridine rings is 1. The molecule has 4 heterocycles. The van der Waals surface area contributed by atoms with Crippen LogP contribution in [0.5, 0.6) is 0 Å². The van der Waals surface area contributed by atoms with E-state index in [4.69, 9.17) is 24.5 Å². The fraction of sp³-hybridized carbons (Fsp3) is 0.455. The lowest BCUT2D eigenvalue weighted by Gasteiger charge is -2.44. The predicted octanol–water partition coefficient (Wildman–Crippen LogP) is 3.01. The molecule has 2 saturated heterocycles. The Balaban J connectivity index is 0.000000317. The number of anilines is 2. The van der Waals surface area contributed by atoms with E-state index in [0.717, 1.165) is 37.6 Å². The fourth-order valence-corrected chi connectivity index (χ4v) is 3.75. The molecule has 2 fully saturated rings. The monoisotopic (exact) mass is 567 g/mol. The number of carboxylic acids is 2. The molecule has 0 aromatic carbocycles. The van der Waals surface area contributed by atoms with Crippen LogP contribution in [0.3, 0.4) is 0 Å². The standard InChI is InChI=1S/C18H21N5O2.2C2HF3O2/c24-17(22-13-3-1-6-19-11-13)14-5-10-25-16-4-9-23(12-15(14)16)18-20-7-2-8-21-18;2*3-2(4,5)1(6)7/h1-3,6-8,11,14-16H,4-5,9-10,12H2,(H,22,24);2*(H,6,7)/t14-,15+,16-;;/m1../s1. The first-order valence-corrected chi connectivity index (χ1v) is 11.1. The van der Waals surface area contributed by atoms with Crippen molar-refractivity contribution in [1.29, 1.82) is 0 Å². The second-order valence-electron chi connectivity index (χ2n) is 8.09. The summed E-state index contributed by atoms with van der Waals surface area (Å²) in [5.41, 5.74) is 0.731. The van der Waals surface area contributed by atoms with Crippen molar-refractivity contribution in [3.63, 3.8) is 0 Å². The van der Waals surface area contributed by atoms with Crippen LogP contribution in [-0.2, 0) is 19.1 Å². The van der Waals surface area contributed by atoms with Gasteiger partial charge >= 0.3 is 24.3 Å². The van der Waals surface area contributed by atoms with Crippen LogP contribution < -0.4 is 10.2 Å². The molecule has 0 bridgehead atoms. The summed E-state index contributed by atoms with van der Waals surface area (Å²) >= 11 is 0. The highest BCUT2D eigenvalue weighted by molar-refractivity contribution is 5.92. The van der Waals surface area contributed by atoms with Crippen molar-refractivity contribution in [2.45, 2.75) is 31.3 Å². The number of halogens is 6. The zero-order chi connectivity index (χ0) is 29.2. The van der Waals surface area contributed by atoms with Crippen molar-refractivity contribution in [1.82, 2.24) is 15.0 Å². The summed E-state index contributed by atoms with van der Waals surface area (Å²) in [7, 11) is 0. The van der Waals surface area contributed by atoms with Crippen molar-refractivity contribution in [2.24, 2.45) is 11.8 Å². The van der Waals surface area contributed by atoms with Crippen LogP contribution in [-0.4, -0.2) is 81.2 Å². The molecule has 0 radical (unpaired) electrons. The Kier molecular flexibility index (Phi) is 10.9. The molecule has 3 atom stereocenters. The van der Waals surface area contributed by atoms with Gasteiger partial charge in [-0.3, -0.25) is 9.78 Å². The van der Waals surface area contributed by atoms with Crippen LogP contribution in [0.25, 0.3) is 0 Å². The number of piperidine rings is 1. The molecule has 214 valence electrons. The van der Waals surface area contributed by atoms with Crippen molar-refractivity contribution in [3.8, 4) is 0 Å². The van der Waals surface area contributed by atoms with Gasteiger partial charge in [-0.15, -0.1) is 0 Å².